The van der Waals surface area contributed by atoms with E-state index in [2.05, 4.69) is 64.4 Å². The summed E-state index contributed by atoms with van der Waals surface area (Å²) in [4.78, 5) is 6.64. The monoisotopic (exact) mass is 399 g/mol. The number of pyridine rings is 2. The van der Waals surface area contributed by atoms with Gasteiger partial charge in [-0.15, -0.1) is 5.10 Å². The predicted molar refractivity (Wildman–Crippen MR) is 116 cm³/mol. The van der Waals surface area contributed by atoms with E-state index in [1.165, 1.54) is 16.7 Å². The summed E-state index contributed by atoms with van der Waals surface area (Å²) in [7, 11) is 0. The van der Waals surface area contributed by atoms with Crippen molar-refractivity contribution in [3.63, 3.8) is 0 Å². The maximum Gasteiger partial charge on any atom is 0.121 e. The summed E-state index contributed by atoms with van der Waals surface area (Å²) in [6, 6.07) is 14.9. The normalized spacial score (nSPS) is 17.5. The first-order valence-corrected chi connectivity index (χ1v) is 10.3. The average Bonchev–Trinajstić information content (AvgIpc) is 3.17. The van der Waals surface area contributed by atoms with Crippen LogP contribution in [-0.2, 0) is 11.3 Å². The molecule has 0 unspecified atom stereocenters. The van der Waals surface area contributed by atoms with Gasteiger partial charge in [-0.2, -0.15) is 0 Å². The van der Waals surface area contributed by atoms with Gasteiger partial charge < -0.3 is 4.74 Å². The molecule has 1 aliphatic heterocycles. The van der Waals surface area contributed by atoms with Crippen molar-refractivity contribution in [2.45, 2.75) is 26.5 Å². The fourth-order valence-corrected chi connectivity index (χ4v) is 4.28. The Labute approximate surface area is 176 Å². The molecule has 30 heavy (non-hydrogen) atoms. The number of aryl methyl sites for hydroxylation is 2. The van der Waals surface area contributed by atoms with Crippen molar-refractivity contribution in [1.29, 1.82) is 0 Å². The molecule has 0 bridgehead atoms. The lowest BCUT2D eigenvalue weighted by molar-refractivity contribution is -0.0343. The summed E-state index contributed by atoms with van der Waals surface area (Å²) >= 11 is 0. The van der Waals surface area contributed by atoms with Gasteiger partial charge in [0.15, 0.2) is 0 Å². The molecule has 0 N–H and O–H groups in total. The third-order valence-electron chi connectivity index (χ3n) is 5.58. The minimum absolute atomic E-state index is 0.0774. The molecule has 0 aliphatic carbocycles. The fourth-order valence-electron chi connectivity index (χ4n) is 4.28. The van der Waals surface area contributed by atoms with Gasteiger partial charge in [0.2, 0.25) is 0 Å². The van der Waals surface area contributed by atoms with Crippen LogP contribution >= 0.6 is 0 Å². The van der Waals surface area contributed by atoms with Crippen LogP contribution in [0.15, 0.2) is 61.1 Å². The zero-order chi connectivity index (χ0) is 20.5. The summed E-state index contributed by atoms with van der Waals surface area (Å²) in [6.45, 7) is 7.66. The topological polar surface area (TPSA) is 55.5 Å². The van der Waals surface area contributed by atoms with Crippen molar-refractivity contribution in [3.8, 4) is 11.1 Å². The van der Waals surface area contributed by atoms with E-state index in [0.717, 1.165) is 42.0 Å². The maximum absolute atomic E-state index is 6.09. The number of nitrogens with zero attached hydrogens (tertiary/aromatic N) is 5. The van der Waals surface area contributed by atoms with Crippen LogP contribution in [-0.4, -0.2) is 44.4 Å². The highest BCUT2D eigenvalue weighted by atomic mass is 16.5. The molecule has 152 valence electrons. The molecule has 5 rings (SSSR count). The van der Waals surface area contributed by atoms with E-state index in [9.17, 15) is 0 Å². The Balaban J connectivity index is 1.37. The molecule has 3 aromatic heterocycles. The molecule has 6 nitrogen and oxygen atoms in total. The molecule has 1 aliphatic rings. The van der Waals surface area contributed by atoms with Crippen LogP contribution in [0.25, 0.3) is 16.6 Å². The van der Waals surface area contributed by atoms with E-state index in [0.29, 0.717) is 6.61 Å². The maximum atomic E-state index is 6.09. The minimum Gasteiger partial charge on any atom is -0.369 e. The highest BCUT2D eigenvalue weighted by Crippen LogP contribution is 2.27. The van der Waals surface area contributed by atoms with E-state index in [1.807, 2.05) is 29.0 Å². The Hall–Kier alpha value is -3.09. The van der Waals surface area contributed by atoms with Gasteiger partial charge in [-0.3, -0.25) is 9.88 Å². The van der Waals surface area contributed by atoms with Gasteiger partial charge >= 0.3 is 0 Å². The second-order valence-electron chi connectivity index (χ2n) is 8.05. The van der Waals surface area contributed by atoms with Crippen LogP contribution in [0.4, 0.5) is 0 Å². The molecule has 4 aromatic rings. The number of benzene rings is 1. The Bertz CT molecular complexity index is 1150. The van der Waals surface area contributed by atoms with Crippen LogP contribution in [0, 0.1) is 13.8 Å². The molecule has 1 fully saturated rings. The molecule has 0 spiro atoms. The van der Waals surface area contributed by atoms with Gasteiger partial charge in [0.05, 0.1) is 12.1 Å². The lowest BCUT2D eigenvalue weighted by Crippen LogP contribution is -2.38. The molecule has 1 aromatic carbocycles. The van der Waals surface area contributed by atoms with E-state index >= 15 is 0 Å². The van der Waals surface area contributed by atoms with Gasteiger partial charge in [-0.1, -0.05) is 46.7 Å². The number of aromatic nitrogens is 4. The van der Waals surface area contributed by atoms with E-state index in [4.69, 9.17) is 4.74 Å². The molecule has 0 amide bonds. The summed E-state index contributed by atoms with van der Waals surface area (Å²) in [5.41, 5.74) is 7.98. The van der Waals surface area contributed by atoms with Crippen molar-refractivity contribution in [1.82, 2.24) is 24.7 Å². The third-order valence-corrected chi connectivity index (χ3v) is 5.58. The summed E-state index contributed by atoms with van der Waals surface area (Å²) in [5, 5.41) is 8.83. The van der Waals surface area contributed by atoms with Gasteiger partial charge in [-0.05, 0) is 31.5 Å². The average molecular weight is 399 g/mol. The SMILES string of the molecule is Cc1cc(C)cc(CN2CCO[C@@H](c3nnn4cc(-c5cccnc5)ccc34)C2)c1. The Morgan fingerprint density at radius 1 is 1.07 bits per heavy atom. The van der Waals surface area contributed by atoms with Gasteiger partial charge in [0, 0.05) is 49.4 Å². The number of hydrogen-bond acceptors (Lipinski definition) is 5. The zero-order valence-corrected chi connectivity index (χ0v) is 17.3. The van der Waals surface area contributed by atoms with Crippen LogP contribution < -0.4 is 0 Å². The first-order chi connectivity index (χ1) is 14.7. The van der Waals surface area contributed by atoms with Crippen LogP contribution in [0.3, 0.4) is 0 Å². The van der Waals surface area contributed by atoms with Crippen LogP contribution in [0.5, 0.6) is 0 Å². The predicted octanol–water partition coefficient (Wildman–Crippen LogP) is 3.98. The van der Waals surface area contributed by atoms with E-state index < -0.39 is 0 Å². The summed E-state index contributed by atoms with van der Waals surface area (Å²) in [6.07, 6.45) is 5.55. The molecule has 6 heteroatoms. The molecule has 1 atom stereocenters. The number of morpholine rings is 1. The fraction of sp³-hybridized carbons (Fsp3) is 0.292. The molecule has 4 heterocycles. The number of hydrogen-bond donors (Lipinski definition) is 0. The van der Waals surface area contributed by atoms with Crippen molar-refractivity contribution >= 4 is 5.52 Å². The van der Waals surface area contributed by atoms with E-state index in [-0.39, 0.29) is 6.10 Å². The van der Waals surface area contributed by atoms with Gasteiger partial charge in [-0.25, -0.2) is 4.52 Å². The first-order valence-electron chi connectivity index (χ1n) is 10.3. The largest absolute Gasteiger partial charge is 0.369 e. The second-order valence-corrected chi connectivity index (χ2v) is 8.05. The Kier molecular flexibility index (Phi) is 5.02. The molecule has 0 saturated carbocycles. The third kappa shape index (κ3) is 3.84. The quantitative estimate of drug-likeness (QED) is 0.520. The lowest BCUT2D eigenvalue weighted by Gasteiger charge is -2.32. The van der Waals surface area contributed by atoms with Gasteiger partial charge in [0.25, 0.3) is 0 Å². The highest BCUT2D eigenvalue weighted by Gasteiger charge is 2.26. The zero-order valence-electron chi connectivity index (χ0n) is 17.3. The molecule has 0 radical (unpaired) electrons. The number of ether oxygens (including phenoxy) is 1. The van der Waals surface area contributed by atoms with Crippen molar-refractivity contribution in [3.05, 3.63) is 83.4 Å². The van der Waals surface area contributed by atoms with E-state index in [1.54, 1.807) is 6.20 Å². The second kappa shape index (κ2) is 7.97. The summed E-state index contributed by atoms with van der Waals surface area (Å²) < 4.78 is 7.93. The number of rotatable bonds is 4. The molecule has 1 saturated heterocycles. The van der Waals surface area contributed by atoms with Gasteiger partial charge in [0.1, 0.15) is 11.8 Å². The number of fused-ring (bicyclic) bond motifs is 1. The first kappa shape index (κ1) is 18.9. The van der Waals surface area contributed by atoms with Crippen molar-refractivity contribution < 1.29 is 4.74 Å². The van der Waals surface area contributed by atoms with Crippen molar-refractivity contribution in [2.24, 2.45) is 0 Å². The molecular weight excluding hydrogens is 374 g/mol. The lowest BCUT2D eigenvalue weighted by atomic mass is 10.1. The van der Waals surface area contributed by atoms with Crippen molar-refractivity contribution in [2.75, 3.05) is 19.7 Å². The highest BCUT2D eigenvalue weighted by molar-refractivity contribution is 5.65. The molecular formula is C24H25N5O. The standard InChI is InChI=1S/C24H25N5O/c1-17-10-18(2)12-19(11-17)14-28-8-9-30-23(16-28)24-22-6-5-21(15-29(22)27-26-24)20-4-3-7-25-13-20/h3-7,10-13,15,23H,8-9,14,16H2,1-2H3/t23-/m1/s1. The van der Waals surface area contributed by atoms with Crippen LogP contribution in [0.2, 0.25) is 0 Å². The smallest absolute Gasteiger partial charge is 0.121 e. The van der Waals surface area contributed by atoms with Crippen LogP contribution in [0.1, 0.15) is 28.5 Å². The Morgan fingerprint density at radius 2 is 1.93 bits per heavy atom. The minimum atomic E-state index is -0.0774. The Morgan fingerprint density at radius 3 is 2.73 bits per heavy atom. The summed E-state index contributed by atoms with van der Waals surface area (Å²) in [5.74, 6) is 0.